The lowest BCUT2D eigenvalue weighted by atomic mass is 10.0. The Balaban J connectivity index is 0.00000102. The maximum atomic E-state index is 12.8. The molecular weight excluding hydrogens is 385 g/mol. The van der Waals surface area contributed by atoms with Gasteiger partial charge in [-0.3, -0.25) is 9.89 Å². The van der Waals surface area contributed by atoms with E-state index in [1.54, 1.807) is 29.3 Å². The second-order valence-corrected chi connectivity index (χ2v) is 6.48. The number of halogens is 2. The summed E-state index contributed by atoms with van der Waals surface area (Å²) in [6.07, 6.45) is 3.85. The van der Waals surface area contributed by atoms with Crippen LogP contribution in [0.25, 0.3) is 11.4 Å². The molecule has 3 heterocycles. The molecule has 0 atom stereocenters. The lowest BCUT2D eigenvalue weighted by Crippen LogP contribution is -2.37. The number of aromatic nitrogens is 4. The molecule has 4 rings (SSSR count). The number of nitrogens with one attached hydrogen (secondary N) is 1. The number of carbonyl (C=O) groups is 1. The van der Waals surface area contributed by atoms with E-state index in [0.717, 1.165) is 22.6 Å². The van der Waals surface area contributed by atoms with Gasteiger partial charge in [-0.15, -0.1) is 0 Å². The van der Waals surface area contributed by atoms with Crippen molar-refractivity contribution in [1.82, 2.24) is 25.1 Å². The predicted molar refractivity (Wildman–Crippen MR) is 106 cm³/mol. The Hall–Kier alpha value is -2.44. The Bertz CT molecular complexity index is 943. The summed E-state index contributed by atoms with van der Waals surface area (Å²) in [4.78, 5) is 23.3. The van der Waals surface area contributed by atoms with Crippen molar-refractivity contribution in [2.75, 3.05) is 6.54 Å². The van der Waals surface area contributed by atoms with Gasteiger partial charge in [0.1, 0.15) is 6.33 Å². The molecule has 1 aliphatic heterocycles. The minimum absolute atomic E-state index is 0.153. The van der Waals surface area contributed by atoms with E-state index in [0.29, 0.717) is 30.1 Å². The van der Waals surface area contributed by atoms with E-state index in [-0.39, 0.29) is 10.9 Å². The molecule has 1 aromatic carbocycles. The first-order valence-electron chi connectivity index (χ1n) is 8.71. The molecule has 0 spiro atoms. The number of rotatable bonds is 2. The second kappa shape index (κ2) is 8.50. The average molecular weight is 404 g/mol. The van der Waals surface area contributed by atoms with Gasteiger partial charge in [-0.25, -0.2) is 9.97 Å². The van der Waals surface area contributed by atoms with Crippen molar-refractivity contribution in [2.45, 2.75) is 26.8 Å². The summed E-state index contributed by atoms with van der Waals surface area (Å²) in [5, 5.41) is 7.54. The zero-order valence-electron chi connectivity index (χ0n) is 15.0. The molecular formula is C19H19Cl2N5O. The first-order chi connectivity index (χ1) is 13.1. The number of aromatic amines is 1. The Morgan fingerprint density at radius 2 is 2.00 bits per heavy atom. The minimum Gasteiger partial charge on any atom is -0.332 e. The first-order valence-corrected chi connectivity index (χ1v) is 9.46. The molecule has 0 bridgehead atoms. The molecule has 0 fully saturated rings. The highest BCUT2D eigenvalue weighted by molar-refractivity contribution is 6.43. The van der Waals surface area contributed by atoms with Gasteiger partial charge in [0.15, 0.2) is 0 Å². The molecule has 0 radical (unpaired) electrons. The van der Waals surface area contributed by atoms with Crippen LogP contribution in [0.2, 0.25) is 10.0 Å². The first kappa shape index (κ1) is 19.3. The monoisotopic (exact) mass is 403 g/mol. The van der Waals surface area contributed by atoms with Crippen LogP contribution in [-0.2, 0) is 13.0 Å². The second-order valence-electron chi connectivity index (χ2n) is 5.70. The third kappa shape index (κ3) is 3.82. The largest absolute Gasteiger partial charge is 0.332 e. The van der Waals surface area contributed by atoms with Crippen LogP contribution in [0.15, 0.2) is 36.8 Å². The molecule has 8 heteroatoms. The molecule has 1 aliphatic rings. The summed E-state index contributed by atoms with van der Waals surface area (Å²) in [6.45, 7) is 4.96. The summed E-state index contributed by atoms with van der Waals surface area (Å²) >= 11 is 12.2. The number of hydrogen-bond acceptors (Lipinski definition) is 4. The lowest BCUT2D eigenvalue weighted by molar-refractivity contribution is 0.0732. The molecule has 3 aromatic rings. The van der Waals surface area contributed by atoms with Gasteiger partial charge in [0.25, 0.3) is 5.91 Å². The van der Waals surface area contributed by atoms with Gasteiger partial charge < -0.3 is 4.90 Å². The van der Waals surface area contributed by atoms with Crippen LogP contribution < -0.4 is 0 Å². The number of hydrogen-bond donors (Lipinski definition) is 1. The molecule has 0 saturated carbocycles. The Morgan fingerprint density at radius 1 is 1.19 bits per heavy atom. The molecule has 1 amide bonds. The molecule has 140 valence electrons. The van der Waals surface area contributed by atoms with Gasteiger partial charge in [-0.05, 0) is 24.6 Å². The molecule has 6 nitrogen and oxygen atoms in total. The van der Waals surface area contributed by atoms with Gasteiger partial charge >= 0.3 is 0 Å². The van der Waals surface area contributed by atoms with Gasteiger partial charge in [-0.2, -0.15) is 5.10 Å². The van der Waals surface area contributed by atoms with Crippen LogP contribution in [-0.4, -0.2) is 37.5 Å². The average Bonchev–Trinajstić information content (AvgIpc) is 3.25. The van der Waals surface area contributed by atoms with Crippen molar-refractivity contribution in [1.29, 1.82) is 0 Å². The van der Waals surface area contributed by atoms with Crippen molar-refractivity contribution in [2.24, 2.45) is 0 Å². The smallest absolute Gasteiger partial charge is 0.255 e. The van der Waals surface area contributed by atoms with E-state index in [1.165, 1.54) is 6.33 Å². The van der Waals surface area contributed by atoms with Crippen LogP contribution in [0, 0.1) is 0 Å². The van der Waals surface area contributed by atoms with Crippen molar-refractivity contribution in [3.05, 3.63) is 63.7 Å². The molecule has 0 saturated heterocycles. The van der Waals surface area contributed by atoms with Crippen molar-refractivity contribution in [3.63, 3.8) is 0 Å². The fourth-order valence-electron chi connectivity index (χ4n) is 2.99. The van der Waals surface area contributed by atoms with Crippen LogP contribution in [0.3, 0.4) is 0 Å². The van der Waals surface area contributed by atoms with Crippen LogP contribution in [0.5, 0.6) is 0 Å². The highest BCUT2D eigenvalue weighted by Crippen LogP contribution is 2.30. The summed E-state index contributed by atoms with van der Waals surface area (Å²) in [5.41, 5.74) is 3.94. The zero-order valence-corrected chi connectivity index (χ0v) is 16.6. The maximum Gasteiger partial charge on any atom is 0.255 e. The van der Waals surface area contributed by atoms with Crippen molar-refractivity contribution >= 4 is 29.1 Å². The summed E-state index contributed by atoms with van der Waals surface area (Å²) in [6, 6.07) is 6.93. The fraction of sp³-hybridized carbons (Fsp3) is 0.263. The summed E-state index contributed by atoms with van der Waals surface area (Å²) in [5.74, 6) is -0.153. The topological polar surface area (TPSA) is 74.8 Å². The number of nitrogens with zero attached hydrogens (tertiary/aromatic N) is 4. The molecule has 1 N–H and O–H groups in total. The van der Waals surface area contributed by atoms with E-state index in [4.69, 9.17) is 23.2 Å². The summed E-state index contributed by atoms with van der Waals surface area (Å²) < 4.78 is 0. The molecule has 0 aliphatic carbocycles. The van der Waals surface area contributed by atoms with Gasteiger partial charge in [0, 0.05) is 18.3 Å². The van der Waals surface area contributed by atoms with E-state index in [2.05, 4.69) is 20.2 Å². The Labute approximate surface area is 167 Å². The zero-order chi connectivity index (χ0) is 19.4. The van der Waals surface area contributed by atoms with Gasteiger partial charge in [0.05, 0.1) is 39.2 Å². The summed E-state index contributed by atoms with van der Waals surface area (Å²) in [7, 11) is 0. The third-order valence-electron chi connectivity index (χ3n) is 4.23. The highest BCUT2D eigenvalue weighted by atomic mass is 35.5. The van der Waals surface area contributed by atoms with Gasteiger partial charge in [-0.1, -0.05) is 43.1 Å². The van der Waals surface area contributed by atoms with Crippen molar-refractivity contribution in [3.8, 4) is 11.4 Å². The SMILES string of the molecule is CC.O=C(c1cccc(Cl)c1Cl)N1CCc2c(ncnc2-c2ccn[nH]2)C1. The Kier molecular flexibility index (Phi) is 6.08. The number of amides is 1. The fourth-order valence-corrected chi connectivity index (χ4v) is 3.37. The van der Waals surface area contributed by atoms with Crippen LogP contribution in [0.1, 0.15) is 35.5 Å². The van der Waals surface area contributed by atoms with E-state index in [1.807, 2.05) is 19.9 Å². The van der Waals surface area contributed by atoms with E-state index >= 15 is 0 Å². The quantitative estimate of drug-likeness (QED) is 0.687. The van der Waals surface area contributed by atoms with E-state index in [9.17, 15) is 4.79 Å². The van der Waals surface area contributed by atoms with Crippen LogP contribution >= 0.6 is 23.2 Å². The van der Waals surface area contributed by atoms with Gasteiger partial charge in [0.2, 0.25) is 0 Å². The number of H-pyrrole nitrogens is 1. The molecule has 2 aromatic heterocycles. The minimum atomic E-state index is -0.153. The van der Waals surface area contributed by atoms with E-state index < -0.39 is 0 Å². The third-order valence-corrected chi connectivity index (χ3v) is 5.05. The predicted octanol–water partition coefficient (Wildman–Crippen LogP) is 4.40. The number of benzene rings is 1. The molecule has 0 unspecified atom stereocenters. The standard InChI is InChI=1S/C17H13Cl2N5O.C2H6/c18-12-3-1-2-11(15(12)19)17(25)24-7-5-10-14(8-24)20-9-21-16(10)13-4-6-22-23-13;1-2/h1-4,6,9H,5,7-8H2,(H,22,23);1-2H3. The lowest BCUT2D eigenvalue weighted by Gasteiger charge is -2.29. The van der Waals surface area contributed by atoms with Crippen molar-refractivity contribution < 1.29 is 4.79 Å². The molecule has 27 heavy (non-hydrogen) atoms. The Morgan fingerprint density at radius 3 is 2.74 bits per heavy atom. The number of fused-ring (bicyclic) bond motifs is 1. The van der Waals surface area contributed by atoms with Crippen LogP contribution in [0.4, 0.5) is 0 Å². The highest BCUT2D eigenvalue weighted by Gasteiger charge is 2.27. The normalized spacial score (nSPS) is 12.8. The maximum absolute atomic E-state index is 12.8. The number of carbonyl (C=O) groups excluding carboxylic acids is 1.